The van der Waals surface area contributed by atoms with Gasteiger partial charge in [0.1, 0.15) is 11.9 Å². The number of hydrogen-bond acceptors (Lipinski definition) is 3. The van der Waals surface area contributed by atoms with E-state index in [0.29, 0.717) is 12.5 Å². The van der Waals surface area contributed by atoms with Crippen LogP contribution in [0.4, 0.5) is 0 Å². The molecule has 0 saturated heterocycles. The van der Waals surface area contributed by atoms with Crippen LogP contribution in [0.15, 0.2) is 0 Å². The summed E-state index contributed by atoms with van der Waals surface area (Å²) in [5.74, 6) is -0.0875. The summed E-state index contributed by atoms with van der Waals surface area (Å²) >= 11 is 4.87. The number of rotatable bonds is 5. The van der Waals surface area contributed by atoms with Crippen molar-refractivity contribution in [2.24, 2.45) is 5.92 Å². The summed E-state index contributed by atoms with van der Waals surface area (Å²) in [5.41, 5.74) is 0. The Bertz CT molecular complexity index is 138. The molecular formula is C8H15ClO3. The zero-order valence-corrected chi connectivity index (χ0v) is 8.43. The van der Waals surface area contributed by atoms with Crippen molar-refractivity contribution in [3.05, 3.63) is 0 Å². The Hall–Kier alpha value is -0.280. The molecule has 0 aliphatic carbocycles. The first-order valence-electron chi connectivity index (χ1n) is 4.05. The molecule has 0 aromatic heterocycles. The van der Waals surface area contributed by atoms with Crippen molar-refractivity contribution >= 4 is 17.8 Å². The van der Waals surface area contributed by atoms with Crippen LogP contribution in [-0.4, -0.2) is 18.7 Å². The lowest BCUT2D eigenvalue weighted by Crippen LogP contribution is -2.23. The summed E-state index contributed by atoms with van der Waals surface area (Å²) in [6, 6.07) is 0. The fourth-order valence-corrected chi connectivity index (χ4v) is 0.683. The predicted octanol–water partition coefficient (Wildman–Crippen LogP) is 2.13. The van der Waals surface area contributed by atoms with Gasteiger partial charge in [-0.15, -0.1) is 0 Å². The minimum Gasteiger partial charge on any atom is -0.366 e. The number of hydrogen-bond donors (Lipinski definition) is 0. The highest BCUT2D eigenvalue weighted by Crippen LogP contribution is 2.04. The lowest BCUT2D eigenvalue weighted by Gasteiger charge is -2.12. The molecule has 12 heavy (non-hydrogen) atoms. The summed E-state index contributed by atoms with van der Waals surface area (Å²) < 4.78 is 9.17. The lowest BCUT2D eigenvalue weighted by atomic mass is 10.1. The number of carbonyl (C=O) groups is 1. The highest BCUT2D eigenvalue weighted by Gasteiger charge is 2.15. The summed E-state index contributed by atoms with van der Waals surface area (Å²) in [7, 11) is 0. The van der Waals surface area contributed by atoms with Crippen LogP contribution in [0.2, 0.25) is 0 Å². The van der Waals surface area contributed by atoms with Gasteiger partial charge in [0.2, 0.25) is 0 Å². The van der Waals surface area contributed by atoms with Crippen molar-refractivity contribution in [2.45, 2.75) is 33.3 Å². The van der Waals surface area contributed by atoms with Gasteiger partial charge in [0, 0.05) is 0 Å². The van der Waals surface area contributed by atoms with Crippen molar-refractivity contribution < 1.29 is 13.8 Å². The average Bonchev–Trinajstić information content (AvgIpc) is 2.11. The molecule has 0 heterocycles. The molecule has 0 aliphatic heterocycles. The maximum absolute atomic E-state index is 10.7. The molecule has 0 aliphatic rings. The van der Waals surface area contributed by atoms with Gasteiger partial charge in [0.15, 0.2) is 6.10 Å². The van der Waals surface area contributed by atoms with Gasteiger partial charge in [0.05, 0.1) is 6.61 Å². The second kappa shape index (κ2) is 6.26. The molecule has 0 aromatic carbocycles. The second-order valence-corrected chi connectivity index (χ2v) is 3.04. The molecule has 0 fully saturated rings. The maximum atomic E-state index is 10.7. The van der Waals surface area contributed by atoms with Crippen LogP contribution in [-0.2, 0) is 13.8 Å². The van der Waals surface area contributed by atoms with Gasteiger partial charge in [-0.2, -0.15) is 0 Å². The molecular weight excluding hydrogens is 180 g/mol. The van der Waals surface area contributed by atoms with Gasteiger partial charge in [-0.25, -0.2) is 4.79 Å². The highest BCUT2D eigenvalue weighted by molar-refractivity contribution is 6.13. The molecule has 0 aromatic rings. The van der Waals surface area contributed by atoms with Crippen molar-refractivity contribution in [1.29, 1.82) is 0 Å². The van der Waals surface area contributed by atoms with E-state index in [-0.39, 0.29) is 0 Å². The van der Waals surface area contributed by atoms with E-state index in [1.165, 1.54) is 0 Å². The topological polar surface area (TPSA) is 35.5 Å². The highest BCUT2D eigenvalue weighted by atomic mass is 35.5. The Labute approximate surface area is 78.2 Å². The SMILES string of the molecule is CCC(C)COC(C)C(=O)OCl. The third-order valence-electron chi connectivity index (χ3n) is 1.74. The van der Waals surface area contributed by atoms with E-state index in [2.05, 4.69) is 18.1 Å². The molecule has 0 spiro atoms. The van der Waals surface area contributed by atoms with Gasteiger partial charge in [-0.05, 0) is 12.8 Å². The fraction of sp³-hybridized carbons (Fsp3) is 0.875. The molecule has 0 radical (unpaired) electrons. The quantitative estimate of drug-likeness (QED) is 0.673. The second-order valence-electron chi connectivity index (χ2n) is 2.89. The van der Waals surface area contributed by atoms with Crippen molar-refractivity contribution in [3.63, 3.8) is 0 Å². The largest absolute Gasteiger partial charge is 0.366 e. The Balaban J connectivity index is 3.56. The lowest BCUT2D eigenvalue weighted by molar-refractivity contribution is -0.146. The average molecular weight is 195 g/mol. The minimum atomic E-state index is -0.573. The molecule has 2 unspecified atom stereocenters. The first kappa shape index (κ1) is 11.7. The Morgan fingerprint density at radius 2 is 2.08 bits per heavy atom. The summed E-state index contributed by atoms with van der Waals surface area (Å²) in [6.07, 6.45) is 0.458. The third kappa shape index (κ3) is 4.57. The standard InChI is InChI=1S/C8H15ClO3/c1-4-6(2)5-11-7(3)8(10)12-9/h6-7H,4-5H2,1-3H3. The molecule has 0 saturated carbocycles. The zero-order chi connectivity index (χ0) is 9.56. The smallest absolute Gasteiger partial charge is 0.353 e. The number of carbonyl (C=O) groups excluding carboxylic acids is 1. The summed E-state index contributed by atoms with van der Waals surface area (Å²) in [5, 5.41) is 0. The molecule has 72 valence electrons. The van der Waals surface area contributed by atoms with Gasteiger partial charge in [-0.3, -0.25) is 0 Å². The van der Waals surface area contributed by atoms with Crippen molar-refractivity contribution in [3.8, 4) is 0 Å². The van der Waals surface area contributed by atoms with E-state index < -0.39 is 12.1 Å². The monoisotopic (exact) mass is 194 g/mol. The fourth-order valence-electron chi connectivity index (χ4n) is 0.557. The van der Waals surface area contributed by atoms with Crippen molar-refractivity contribution in [2.75, 3.05) is 6.61 Å². The molecule has 2 atom stereocenters. The molecule has 0 N–H and O–H groups in total. The number of ether oxygens (including phenoxy) is 1. The van der Waals surface area contributed by atoms with Gasteiger partial charge in [-0.1, -0.05) is 20.3 Å². The molecule has 4 heteroatoms. The van der Waals surface area contributed by atoms with E-state index in [4.69, 9.17) is 16.6 Å². The van der Waals surface area contributed by atoms with Gasteiger partial charge >= 0.3 is 5.97 Å². The van der Waals surface area contributed by atoms with Crippen LogP contribution in [0.1, 0.15) is 27.2 Å². The van der Waals surface area contributed by atoms with Crippen LogP contribution < -0.4 is 0 Å². The molecule has 0 amide bonds. The van der Waals surface area contributed by atoms with Crippen LogP contribution in [0, 0.1) is 5.92 Å². The Morgan fingerprint density at radius 1 is 1.50 bits per heavy atom. The van der Waals surface area contributed by atoms with E-state index in [1.54, 1.807) is 6.92 Å². The first-order valence-corrected chi connectivity index (χ1v) is 4.36. The van der Waals surface area contributed by atoms with Gasteiger partial charge in [0.25, 0.3) is 0 Å². The summed E-state index contributed by atoms with van der Waals surface area (Å²) in [6.45, 7) is 6.30. The molecule has 0 bridgehead atoms. The van der Waals surface area contributed by atoms with Crippen LogP contribution in [0.3, 0.4) is 0 Å². The molecule has 3 nitrogen and oxygen atoms in total. The summed E-state index contributed by atoms with van der Waals surface area (Å²) in [4.78, 5) is 10.7. The Morgan fingerprint density at radius 3 is 2.50 bits per heavy atom. The van der Waals surface area contributed by atoms with E-state index >= 15 is 0 Å². The normalized spacial score (nSPS) is 15.3. The van der Waals surface area contributed by atoms with E-state index in [0.717, 1.165) is 6.42 Å². The van der Waals surface area contributed by atoms with Crippen molar-refractivity contribution in [1.82, 2.24) is 0 Å². The first-order chi connectivity index (χ1) is 5.61. The zero-order valence-electron chi connectivity index (χ0n) is 7.67. The molecule has 0 rings (SSSR count). The van der Waals surface area contributed by atoms with Gasteiger partial charge < -0.3 is 9.03 Å². The predicted molar refractivity (Wildman–Crippen MR) is 46.8 cm³/mol. The van der Waals surface area contributed by atoms with Crippen LogP contribution >= 0.6 is 11.9 Å². The van der Waals surface area contributed by atoms with Crippen LogP contribution in [0.5, 0.6) is 0 Å². The minimum absolute atomic E-state index is 0.454. The maximum Gasteiger partial charge on any atom is 0.353 e. The van der Waals surface area contributed by atoms with E-state index in [9.17, 15) is 4.79 Å². The Kier molecular flexibility index (Phi) is 6.11. The van der Waals surface area contributed by atoms with E-state index in [1.807, 2.05) is 0 Å². The van der Waals surface area contributed by atoms with Crippen LogP contribution in [0.25, 0.3) is 0 Å². The third-order valence-corrected chi connectivity index (χ3v) is 1.89. The number of halogens is 1.